The Kier molecular flexibility index (Phi) is 6.97. The Bertz CT molecular complexity index is 1270. The van der Waals surface area contributed by atoms with E-state index >= 15 is 0 Å². The largest absolute Gasteiger partial charge is 0.415 e. The normalized spacial score (nSPS) is 19.4. The summed E-state index contributed by atoms with van der Waals surface area (Å²) in [6, 6.07) is 6.32. The molecule has 2 aromatic rings. The Morgan fingerprint density at radius 1 is 1.33 bits per heavy atom. The first-order valence-electron chi connectivity index (χ1n) is 9.59. The van der Waals surface area contributed by atoms with Crippen LogP contribution < -0.4 is 9.88 Å². The molecule has 1 aromatic heterocycles. The third kappa shape index (κ3) is 5.26. The highest BCUT2D eigenvalue weighted by Crippen LogP contribution is 2.45. The molecule has 2 heterocycles. The number of rotatable bonds is 7. The van der Waals surface area contributed by atoms with Gasteiger partial charge in [-0.15, -0.1) is 21.5 Å². The number of sulfonamides is 1. The number of carbonyl (C=O) groups excluding carboxylic acids is 1. The number of nitrogens with zero attached hydrogens (tertiary/aromatic N) is 2. The average Bonchev–Trinajstić information content (AvgIpc) is 3.19. The lowest BCUT2D eigenvalue weighted by Gasteiger charge is -2.35. The topological polar surface area (TPSA) is 176 Å². The van der Waals surface area contributed by atoms with Crippen molar-refractivity contribution in [1.29, 1.82) is 0 Å². The lowest BCUT2D eigenvalue weighted by atomic mass is 10.0. The van der Waals surface area contributed by atoms with Gasteiger partial charge in [0.1, 0.15) is 20.8 Å². The molecule has 0 radical (unpaired) electrons. The monoisotopic (exact) mass is 519 g/mol. The lowest BCUT2D eigenvalue weighted by Crippen LogP contribution is -2.41. The number of ether oxygens (including phenoxy) is 1. The zero-order valence-corrected chi connectivity index (χ0v) is 20.0. The highest BCUT2D eigenvalue weighted by Gasteiger charge is 2.43. The van der Waals surface area contributed by atoms with Crippen molar-refractivity contribution in [2.75, 3.05) is 6.54 Å². The second kappa shape index (κ2) is 9.24. The first kappa shape index (κ1) is 24.9. The van der Waals surface area contributed by atoms with Crippen LogP contribution in [0.25, 0.3) is 0 Å². The number of thiophene rings is 1. The third-order valence-electron chi connectivity index (χ3n) is 5.10. The van der Waals surface area contributed by atoms with E-state index in [1.165, 1.54) is 42.2 Å². The molecule has 0 spiro atoms. The van der Waals surface area contributed by atoms with Crippen molar-refractivity contribution in [3.8, 4) is 5.75 Å². The summed E-state index contributed by atoms with van der Waals surface area (Å²) in [5, 5.41) is 13.7. The summed E-state index contributed by atoms with van der Waals surface area (Å²) in [6.45, 7) is 3.07. The second-order valence-corrected chi connectivity index (χ2v) is 12.7. The molecule has 180 valence electrons. The van der Waals surface area contributed by atoms with Crippen LogP contribution in [0.5, 0.6) is 5.75 Å². The maximum Gasteiger partial charge on any atom is 0.415 e. The van der Waals surface area contributed by atoms with Gasteiger partial charge in [0.2, 0.25) is 10.0 Å². The van der Waals surface area contributed by atoms with Crippen molar-refractivity contribution in [2.45, 2.75) is 46.6 Å². The van der Waals surface area contributed by atoms with E-state index in [1.54, 1.807) is 6.92 Å². The van der Waals surface area contributed by atoms with Gasteiger partial charge in [0.25, 0.3) is 5.09 Å². The number of amides is 1. The Labute approximate surface area is 194 Å². The van der Waals surface area contributed by atoms with E-state index in [-0.39, 0.29) is 39.3 Å². The van der Waals surface area contributed by atoms with E-state index < -0.39 is 42.3 Å². The van der Waals surface area contributed by atoms with Crippen LogP contribution in [0.2, 0.25) is 0 Å². The van der Waals surface area contributed by atoms with Gasteiger partial charge in [-0.3, -0.25) is 0 Å². The van der Waals surface area contributed by atoms with Gasteiger partial charge >= 0.3 is 6.09 Å². The van der Waals surface area contributed by atoms with E-state index in [2.05, 4.69) is 4.84 Å². The number of primary sulfonamides is 1. The summed E-state index contributed by atoms with van der Waals surface area (Å²) >= 11 is 0.569. The molecule has 2 atom stereocenters. The standard InChI is InChI=1S/C18H21N3O9S3/c1-3-20(18(22)30-13-6-4-12(5-7-13)10-29-21(23)24)15-8-11(2)32(25,26)17-14(15)9-16(31-17)33(19,27)28/h4-7,9,11,15H,3,8,10H2,1-2H3,(H2,19,27,28)/t11?,15-/m0/s1. The van der Waals surface area contributed by atoms with Gasteiger partial charge in [0.05, 0.1) is 11.3 Å². The summed E-state index contributed by atoms with van der Waals surface area (Å²) in [5.74, 6) is 0.163. The fraction of sp³-hybridized carbons (Fsp3) is 0.389. The van der Waals surface area contributed by atoms with Crippen molar-refractivity contribution < 1.29 is 36.3 Å². The zero-order chi connectivity index (χ0) is 24.6. The summed E-state index contributed by atoms with van der Waals surface area (Å²) in [5.41, 5.74) is 0.678. The molecule has 1 aromatic carbocycles. The van der Waals surface area contributed by atoms with E-state index in [4.69, 9.17) is 9.88 Å². The molecule has 2 N–H and O–H groups in total. The summed E-state index contributed by atoms with van der Waals surface area (Å²) in [4.78, 5) is 28.8. The molecule has 0 saturated heterocycles. The van der Waals surface area contributed by atoms with Crippen LogP contribution in [0.3, 0.4) is 0 Å². The van der Waals surface area contributed by atoms with E-state index in [1.807, 2.05) is 0 Å². The summed E-state index contributed by atoms with van der Waals surface area (Å²) in [7, 11) is -7.91. The molecule has 1 amide bonds. The molecule has 0 bridgehead atoms. The Morgan fingerprint density at radius 2 is 1.97 bits per heavy atom. The predicted molar refractivity (Wildman–Crippen MR) is 116 cm³/mol. The minimum atomic E-state index is -4.14. The molecule has 1 aliphatic rings. The number of fused-ring (bicyclic) bond motifs is 1. The average molecular weight is 520 g/mol. The molecule has 0 fully saturated rings. The van der Waals surface area contributed by atoms with Crippen LogP contribution in [0.4, 0.5) is 4.79 Å². The zero-order valence-electron chi connectivity index (χ0n) is 17.5. The van der Waals surface area contributed by atoms with Gasteiger partial charge in [-0.05, 0) is 44.0 Å². The highest BCUT2D eigenvalue weighted by atomic mass is 32.3. The molecular formula is C18H21N3O9S3. The van der Waals surface area contributed by atoms with Crippen LogP contribution in [0, 0.1) is 10.1 Å². The van der Waals surface area contributed by atoms with Crippen molar-refractivity contribution in [3.05, 3.63) is 51.6 Å². The number of hydrogen-bond donors (Lipinski definition) is 1. The minimum absolute atomic E-state index is 0.0518. The van der Waals surface area contributed by atoms with Gasteiger partial charge in [-0.1, -0.05) is 12.1 Å². The van der Waals surface area contributed by atoms with Gasteiger partial charge < -0.3 is 14.5 Å². The van der Waals surface area contributed by atoms with Gasteiger partial charge in [-0.2, -0.15) is 0 Å². The van der Waals surface area contributed by atoms with Gasteiger partial charge in [-0.25, -0.2) is 26.8 Å². The Hall–Kier alpha value is -2.75. The van der Waals surface area contributed by atoms with Crippen molar-refractivity contribution in [2.24, 2.45) is 5.14 Å². The third-order valence-corrected chi connectivity index (χ3v) is 10.4. The maximum absolute atomic E-state index is 12.9. The Balaban J connectivity index is 1.87. The summed E-state index contributed by atoms with van der Waals surface area (Å²) in [6.07, 6.45) is -0.714. The SMILES string of the molecule is CCN(C(=O)Oc1ccc(CO[N+](=O)[O-])cc1)[C@H]1CC(C)S(=O)(=O)c2sc(S(N)(=O)=O)cc21. The molecule has 0 saturated carbocycles. The van der Waals surface area contributed by atoms with Crippen LogP contribution >= 0.6 is 11.3 Å². The number of benzene rings is 1. The second-order valence-electron chi connectivity index (χ2n) is 7.26. The lowest BCUT2D eigenvalue weighted by molar-refractivity contribution is -0.763. The summed E-state index contributed by atoms with van der Waals surface area (Å²) < 4.78 is 54.2. The highest BCUT2D eigenvalue weighted by molar-refractivity contribution is 7.95. The van der Waals surface area contributed by atoms with Crippen LogP contribution in [-0.4, -0.2) is 44.7 Å². The van der Waals surface area contributed by atoms with Gasteiger partial charge in [0, 0.05) is 12.1 Å². The molecule has 33 heavy (non-hydrogen) atoms. The maximum atomic E-state index is 12.9. The molecular weight excluding hydrogens is 498 g/mol. The molecule has 3 rings (SSSR count). The molecule has 1 unspecified atom stereocenters. The number of nitrogens with two attached hydrogens (primary N) is 1. The van der Waals surface area contributed by atoms with Crippen LogP contribution in [0.15, 0.2) is 38.8 Å². The number of carbonyl (C=O) groups is 1. The van der Waals surface area contributed by atoms with E-state index in [9.17, 15) is 31.7 Å². The molecule has 0 aliphatic carbocycles. The molecule has 1 aliphatic heterocycles. The number of hydrogen-bond acceptors (Lipinski definition) is 10. The van der Waals surface area contributed by atoms with Crippen LogP contribution in [0.1, 0.15) is 37.4 Å². The quantitative estimate of drug-likeness (QED) is 0.424. The van der Waals surface area contributed by atoms with Gasteiger partial charge in [0.15, 0.2) is 9.84 Å². The fourth-order valence-corrected chi connectivity index (χ4v) is 7.82. The van der Waals surface area contributed by atoms with Crippen molar-refractivity contribution in [3.63, 3.8) is 0 Å². The predicted octanol–water partition coefficient (Wildman–Crippen LogP) is 2.23. The van der Waals surface area contributed by atoms with E-state index in [0.29, 0.717) is 16.9 Å². The van der Waals surface area contributed by atoms with Crippen molar-refractivity contribution in [1.82, 2.24) is 4.90 Å². The van der Waals surface area contributed by atoms with Crippen molar-refractivity contribution >= 4 is 37.3 Å². The number of sulfone groups is 1. The first-order chi connectivity index (χ1) is 15.3. The van der Waals surface area contributed by atoms with Crippen LogP contribution in [-0.2, 0) is 31.3 Å². The Morgan fingerprint density at radius 3 is 2.52 bits per heavy atom. The first-order valence-corrected chi connectivity index (χ1v) is 13.5. The minimum Gasteiger partial charge on any atom is -0.410 e. The fourth-order valence-electron chi connectivity index (χ4n) is 3.42. The smallest absolute Gasteiger partial charge is 0.410 e. The molecule has 15 heteroatoms. The van der Waals surface area contributed by atoms with E-state index in [0.717, 1.165) is 0 Å². The molecule has 12 nitrogen and oxygen atoms in total.